The van der Waals surface area contributed by atoms with Gasteiger partial charge in [-0.05, 0) is 69.6 Å². The number of aliphatic hydroxyl groups excluding tert-OH is 1. The number of rotatable bonds is 6. The van der Waals surface area contributed by atoms with Gasteiger partial charge in [0.1, 0.15) is 0 Å². The van der Waals surface area contributed by atoms with Crippen LogP contribution in [0.4, 0.5) is 4.79 Å². The second-order valence-corrected chi connectivity index (χ2v) is 9.18. The summed E-state index contributed by atoms with van der Waals surface area (Å²) in [6.45, 7) is 14.3. The first-order chi connectivity index (χ1) is 13.2. The van der Waals surface area contributed by atoms with E-state index in [1.54, 1.807) is 0 Å². The van der Waals surface area contributed by atoms with Crippen LogP contribution in [0.3, 0.4) is 0 Å². The second kappa shape index (κ2) is 9.47. The van der Waals surface area contributed by atoms with Crippen LogP contribution >= 0.6 is 0 Å². The van der Waals surface area contributed by atoms with Gasteiger partial charge in [-0.2, -0.15) is 0 Å². The first-order valence-corrected chi connectivity index (χ1v) is 11.2. The normalized spacial score (nSPS) is 36.2. The molecule has 3 N–H and O–H groups in total. The molecular formula is C22H41N3O3. The predicted molar refractivity (Wildman–Crippen MR) is 112 cm³/mol. The molecule has 6 nitrogen and oxygen atoms in total. The van der Waals surface area contributed by atoms with E-state index >= 15 is 0 Å². The van der Waals surface area contributed by atoms with Crippen molar-refractivity contribution >= 4 is 11.9 Å². The highest BCUT2D eigenvalue weighted by atomic mass is 16.3. The summed E-state index contributed by atoms with van der Waals surface area (Å²) in [5.74, 6) is 0.229. The minimum atomic E-state index is -0.512. The molecule has 0 spiro atoms. The van der Waals surface area contributed by atoms with Crippen molar-refractivity contribution in [2.24, 2.45) is 29.1 Å². The Morgan fingerprint density at radius 3 is 2.36 bits per heavy atom. The number of nitrogens with one attached hydrogen (secondary N) is 2. The van der Waals surface area contributed by atoms with E-state index in [1.165, 1.54) is 0 Å². The maximum Gasteiger partial charge on any atom is 0.315 e. The van der Waals surface area contributed by atoms with Crippen LogP contribution in [-0.2, 0) is 4.79 Å². The highest BCUT2D eigenvalue weighted by molar-refractivity contribution is 5.78. The third-order valence-electron chi connectivity index (χ3n) is 7.65. The fourth-order valence-electron chi connectivity index (χ4n) is 5.88. The second-order valence-electron chi connectivity index (χ2n) is 9.18. The van der Waals surface area contributed by atoms with Gasteiger partial charge in [0.2, 0.25) is 5.91 Å². The van der Waals surface area contributed by atoms with Crippen molar-refractivity contribution in [2.75, 3.05) is 19.6 Å². The van der Waals surface area contributed by atoms with Crippen molar-refractivity contribution in [3.63, 3.8) is 0 Å². The van der Waals surface area contributed by atoms with Crippen LogP contribution < -0.4 is 10.6 Å². The van der Waals surface area contributed by atoms with E-state index in [-0.39, 0.29) is 47.1 Å². The maximum atomic E-state index is 12.9. The minimum Gasteiger partial charge on any atom is -0.392 e. The molecule has 7 atom stereocenters. The molecule has 0 unspecified atom stereocenters. The molecular weight excluding hydrogens is 354 g/mol. The van der Waals surface area contributed by atoms with Gasteiger partial charge >= 0.3 is 6.03 Å². The van der Waals surface area contributed by atoms with Crippen LogP contribution in [0.5, 0.6) is 0 Å². The molecule has 28 heavy (non-hydrogen) atoms. The summed E-state index contributed by atoms with van der Waals surface area (Å²) in [7, 11) is 0. The van der Waals surface area contributed by atoms with Gasteiger partial charge in [-0.15, -0.1) is 0 Å². The van der Waals surface area contributed by atoms with Crippen molar-refractivity contribution in [3.8, 4) is 0 Å². The number of nitrogens with zero attached hydrogens (tertiary/aromatic N) is 1. The number of fused-ring (bicyclic) bond motifs is 1. The summed E-state index contributed by atoms with van der Waals surface area (Å²) in [5, 5.41) is 17.3. The highest BCUT2D eigenvalue weighted by Crippen LogP contribution is 2.55. The molecule has 0 heterocycles. The number of amides is 3. The van der Waals surface area contributed by atoms with E-state index in [9.17, 15) is 14.7 Å². The van der Waals surface area contributed by atoms with Crippen LogP contribution in [0.15, 0.2) is 0 Å². The molecule has 6 heteroatoms. The van der Waals surface area contributed by atoms with Crippen molar-refractivity contribution in [1.29, 1.82) is 0 Å². The number of hydrogen-bond donors (Lipinski definition) is 3. The molecule has 2 rings (SSSR count). The largest absolute Gasteiger partial charge is 0.392 e. The average Bonchev–Trinajstić information content (AvgIpc) is 2.65. The van der Waals surface area contributed by atoms with Gasteiger partial charge in [0.05, 0.1) is 6.10 Å². The molecule has 0 saturated heterocycles. The van der Waals surface area contributed by atoms with Gasteiger partial charge < -0.3 is 20.6 Å². The third kappa shape index (κ3) is 4.47. The maximum absolute atomic E-state index is 12.9. The third-order valence-corrected chi connectivity index (χ3v) is 7.65. The van der Waals surface area contributed by atoms with E-state index in [4.69, 9.17) is 0 Å². The summed E-state index contributed by atoms with van der Waals surface area (Å²) < 4.78 is 0. The summed E-state index contributed by atoms with van der Waals surface area (Å²) in [4.78, 5) is 26.8. The van der Waals surface area contributed by atoms with E-state index in [0.717, 1.165) is 25.7 Å². The first kappa shape index (κ1) is 23.0. The van der Waals surface area contributed by atoms with Crippen LogP contribution in [0.25, 0.3) is 0 Å². The molecule has 2 aliphatic rings. The van der Waals surface area contributed by atoms with Gasteiger partial charge in [0.25, 0.3) is 0 Å². The molecule has 0 aromatic carbocycles. The quantitative estimate of drug-likeness (QED) is 0.647. The zero-order chi connectivity index (χ0) is 21.1. The summed E-state index contributed by atoms with van der Waals surface area (Å²) in [6, 6.07) is -0.0679. The average molecular weight is 396 g/mol. The standard InChI is InChI=1S/C22H41N3O3/c1-7-23-21(28)24-17-11-13-22(6)12-10-16(19(26)18(22)15(17)5)14(4)20(27)25(8-2)9-3/h14-19,26H,7-13H2,1-6H3,(H2,23,24,28)/t14-,15+,16+,17-,18+,19-,22-/m0/s1. The van der Waals surface area contributed by atoms with E-state index in [2.05, 4.69) is 24.5 Å². The molecule has 2 saturated carbocycles. The lowest BCUT2D eigenvalue weighted by atomic mass is 9.51. The van der Waals surface area contributed by atoms with Gasteiger partial charge in [-0.1, -0.05) is 20.8 Å². The molecule has 0 aromatic heterocycles. The van der Waals surface area contributed by atoms with Crippen LogP contribution in [-0.4, -0.2) is 53.7 Å². The van der Waals surface area contributed by atoms with E-state index < -0.39 is 6.10 Å². The lowest BCUT2D eigenvalue weighted by Gasteiger charge is -2.56. The Labute approximate surface area is 170 Å². The number of aliphatic hydroxyl groups is 1. The SMILES string of the molecule is CCNC(=O)N[C@H]1CC[C@]2(C)CC[C@H]([C@H](C)C(=O)N(CC)CC)[C@H](O)[C@H]2[C@@H]1C. The highest BCUT2D eigenvalue weighted by Gasteiger charge is 2.54. The van der Waals surface area contributed by atoms with Crippen molar-refractivity contribution in [1.82, 2.24) is 15.5 Å². The predicted octanol–water partition coefficient (Wildman–Crippen LogP) is 3.00. The molecule has 2 fully saturated rings. The Kier molecular flexibility index (Phi) is 7.77. The zero-order valence-corrected chi connectivity index (χ0v) is 18.6. The molecule has 3 amide bonds. The van der Waals surface area contributed by atoms with E-state index in [0.29, 0.717) is 19.6 Å². The summed E-state index contributed by atoms with van der Waals surface area (Å²) in [5.41, 5.74) is 0.0761. The van der Waals surface area contributed by atoms with Gasteiger partial charge in [0, 0.05) is 31.6 Å². The number of carbonyl (C=O) groups is 2. The summed E-state index contributed by atoms with van der Waals surface area (Å²) >= 11 is 0. The van der Waals surface area contributed by atoms with Crippen molar-refractivity contribution in [2.45, 2.75) is 79.4 Å². The Balaban J connectivity index is 2.16. The Bertz CT molecular complexity index is 551. The first-order valence-electron chi connectivity index (χ1n) is 11.2. The zero-order valence-electron chi connectivity index (χ0n) is 18.6. The molecule has 2 aliphatic carbocycles. The monoisotopic (exact) mass is 395 g/mol. The van der Waals surface area contributed by atoms with Crippen LogP contribution in [0, 0.1) is 29.1 Å². The van der Waals surface area contributed by atoms with Crippen LogP contribution in [0.1, 0.15) is 67.2 Å². The number of urea groups is 1. The summed E-state index contributed by atoms with van der Waals surface area (Å²) in [6.07, 6.45) is 3.36. The fraction of sp³-hybridized carbons (Fsp3) is 0.909. The lowest BCUT2D eigenvalue weighted by molar-refractivity contribution is -0.149. The Hall–Kier alpha value is -1.30. The lowest BCUT2D eigenvalue weighted by Crippen LogP contribution is -2.59. The number of hydrogen-bond acceptors (Lipinski definition) is 3. The van der Waals surface area contributed by atoms with Gasteiger partial charge in [0.15, 0.2) is 0 Å². The molecule has 162 valence electrons. The smallest absolute Gasteiger partial charge is 0.315 e. The van der Waals surface area contributed by atoms with Crippen molar-refractivity contribution < 1.29 is 14.7 Å². The van der Waals surface area contributed by atoms with E-state index in [1.807, 2.05) is 32.6 Å². The molecule has 0 aromatic rings. The minimum absolute atomic E-state index is 0.0168. The Morgan fingerprint density at radius 2 is 1.79 bits per heavy atom. The number of carbonyl (C=O) groups excluding carboxylic acids is 2. The van der Waals surface area contributed by atoms with Crippen LogP contribution in [0.2, 0.25) is 0 Å². The topological polar surface area (TPSA) is 81.7 Å². The van der Waals surface area contributed by atoms with Gasteiger partial charge in [-0.3, -0.25) is 4.79 Å². The molecule has 0 bridgehead atoms. The molecule has 0 radical (unpaired) electrons. The van der Waals surface area contributed by atoms with Crippen molar-refractivity contribution in [3.05, 3.63) is 0 Å². The Morgan fingerprint density at radius 1 is 1.18 bits per heavy atom. The molecule has 0 aliphatic heterocycles. The fourth-order valence-corrected chi connectivity index (χ4v) is 5.88. The van der Waals surface area contributed by atoms with Gasteiger partial charge in [-0.25, -0.2) is 4.79 Å².